The van der Waals surface area contributed by atoms with Gasteiger partial charge in [-0.05, 0) is 13.8 Å². The van der Waals surface area contributed by atoms with Crippen molar-refractivity contribution in [1.82, 2.24) is 5.32 Å². The van der Waals surface area contributed by atoms with Crippen molar-refractivity contribution in [2.45, 2.75) is 26.3 Å². The summed E-state index contributed by atoms with van der Waals surface area (Å²) >= 11 is 0. The van der Waals surface area contributed by atoms with E-state index in [4.69, 9.17) is 5.73 Å². The molecule has 98 valence electrons. The number of rotatable bonds is 7. The Hall–Kier alpha value is -1.63. The van der Waals surface area contributed by atoms with Crippen molar-refractivity contribution >= 4 is 17.8 Å². The number of nitrogens with two attached hydrogens (primary N) is 1. The molecule has 7 nitrogen and oxygen atoms in total. The number of carbonyl (C=O) groups is 3. The molecule has 0 aliphatic carbocycles. The van der Waals surface area contributed by atoms with Crippen LogP contribution in [0.4, 0.5) is 0 Å². The molecule has 7 heteroatoms. The Morgan fingerprint density at radius 2 is 1.59 bits per heavy atom. The lowest BCUT2D eigenvalue weighted by Gasteiger charge is -2.15. The Morgan fingerprint density at radius 1 is 1.12 bits per heavy atom. The highest BCUT2D eigenvalue weighted by Gasteiger charge is 2.30. The summed E-state index contributed by atoms with van der Waals surface area (Å²) < 4.78 is 9.33. The minimum atomic E-state index is -1.42. The molecule has 0 heterocycles. The molecule has 0 aromatic rings. The Balaban J connectivity index is 4.55. The summed E-state index contributed by atoms with van der Waals surface area (Å²) in [4.78, 5) is 34.1. The van der Waals surface area contributed by atoms with E-state index in [-0.39, 0.29) is 26.2 Å². The summed E-state index contributed by atoms with van der Waals surface area (Å²) in [5.74, 6) is -2.17. The zero-order valence-electron chi connectivity index (χ0n) is 10.0. The molecule has 0 spiro atoms. The van der Waals surface area contributed by atoms with Gasteiger partial charge in [0.15, 0.2) is 0 Å². The van der Waals surface area contributed by atoms with Gasteiger partial charge in [-0.15, -0.1) is 0 Å². The first kappa shape index (κ1) is 15.4. The first-order chi connectivity index (χ1) is 8.06. The van der Waals surface area contributed by atoms with Crippen LogP contribution in [0.2, 0.25) is 0 Å². The number of carbonyl (C=O) groups excluding carboxylic acids is 3. The molecule has 0 unspecified atom stereocenters. The van der Waals surface area contributed by atoms with Crippen molar-refractivity contribution < 1.29 is 23.9 Å². The largest absolute Gasteiger partial charge is 0.464 e. The number of esters is 2. The summed E-state index contributed by atoms with van der Waals surface area (Å²) in [6.07, 6.45) is 0.0231. The van der Waals surface area contributed by atoms with Crippen LogP contribution in [-0.2, 0) is 23.9 Å². The zero-order valence-corrected chi connectivity index (χ0v) is 10.0. The number of hydrogen-bond donors (Lipinski definition) is 2. The number of nitrogens with one attached hydrogen (secondary N) is 1. The molecule has 0 aromatic heterocycles. The first-order valence-electron chi connectivity index (χ1n) is 5.39. The predicted molar refractivity (Wildman–Crippen MR) is 58.9 cm³/mol. The minimum absolute atomic E-state index is 0.0231. The number of hydrogen-bond acceptors (Lipinski definition) is 6. The van der Waals surface area contributed by atoms with Crippen molar-refractivity contribution in [2.75, 3.05) is 19.8 Å². The molecule has 0 aliphatic rings. The fourth-order valence-corrected chi connectivity index (χ4v) is 1.03. The third-order valence-corrected chi connectivity index (χ3v) is 1.72. The van der Waals surface area contributed by atoms with Crippen molar-refractivity contribution in [3.05, 3.63) is 0 Å². The van der Waals surface area contributed by atoms with Gasteiger partial charge in [-0.1, -0.05) is 0 Å². The van der Waals surface area contributed by atoms with E-state index in [9.17, 15) is 14.4 Å². The lowest BCUT2D eigenvalue weighted by atomic mass is 10.2. The second-order valence-corrected chi connectivity index (χ2v) is 3.04. The van der Waals surface area contributed by atoms with E-state index < -0.39 is 23.9 Å². The van der Waals surface area contributed by atoms with Gasteiger partial charge < -0.3 is 20.5 Å². The average molecular weight is 246 g/mol. The highest BCUT2D eigenvalue weighted by Crippen LogP contribution is 1.95. The van der Waals surface area contributed by atoms with Crippen LogP contribution in [0, 0.1) is 0 Å². The average Bonchev–Trinajstić information content (AvgIpc) is 2.26. The fourth-order valence-electron chi connectivity index (χ4n) is 1.03. The molecule has 0 atom stereocenters. The molecule has 1 amide bonds. The maximum atomic E-state index is 11.4. The molecule has 0 rings (SSSR count). The standard InChI is InChI=1S/C10H18N2O5/c1-3-16-9(14)8(10(15)17-4-2)12-7(13)5-6-11/h8H,3-6,11H2,1-2H3,(H,12,13). The van der Waals surface area contributed by atoms with Crippen LogP contribution in [0.1, 0.15) is 20.3 Å². The van der Waals surface area contributed by atoms with Gasteiger partial charge in [0.2, 0.25) is 11.9 Å². The molecule has 0 fully saturated rings. The van der Waals surface area contributed by atoms with Gasteiger partial charge in [-0.3, -0.25) is 4.79 Å². The van der Waals surface area contributed by atoms with Gasteiger partial charge in [0, 0.05) is 13.0 Å². The monoisotopic (exact) mass is 246 g/mol. The smallest absolute Gasteiger partial charge is 0.340 e. The molecule has 0 radical (unpaired) electrons. The maximum Gasteiger partial charge on any atom is 0.340 e. The lowest BCUT2D eigenvalue weighted by Crippen LogP contribution is -2.48. The van der Waals surface area contributed by atoms with Crippen molar-refractivity contribution in [3.63, 3.8) is 0 Å². The second-order valence-electron chi connectivity index (χ2n) is 3.04. The Kier molecular flexibility index (Phi) is 7.70. The molecule has 0 aliphatic heterocycles. The molecule has 17 heavy (non-hydrogen) atoms. The topological polar surface area (TPSA) is 108 Å². The minimum Gasteiger partial charge on any atom is -0.464 e. The van der Waals surface area contributed by atoms with Crippen LogP contribution in [0.15, 0.2) is 0 Å². The van der Waals surface area contributed by atoms with E-state index in [1.165, 1.54) is 0 Å². The molecule has 0 aromatic carbocycles. The van der Waals surface area contributed by atoms with Gasteiger partial charge in [0.1, 0.15) is 0 Å². The maximum absolute atomic E-state index is 11.4. The summed E-state index contributed by atoms with van der Waals surface area (Å²) in [5, 5.41) is 2.22. The van der Waals surface area contributed by atoms with Crippen LogP contribution >= 0.6 is 0 Å². The van der Waals surface area contributed by atoms with Crippen LogP contribution in [-0.4, -0.2) is 43.6 Å². The van der Waals surface area contributed by atoms with Crippen molar-refractivity contribution in [2.24, 2.45) is 5.73 Å². The summed E-state index contributed by atoms with van der Waals surface area (Å²) in [6, 6.07) is -1.42. The van der Waals surface area contributed by atoms with Gasteiger partial charge in [0.25, 0.3) is 0 Å². The van der Waals surface area contributed by atoms with Gasteiger partial charge in [-0.2, -0.15) is 0 Å². The van der Waals surface area contributed by atoms with Crippen LogP contribution in [0.5, 0.6) is 0 Å². The van der Waals surface area contributed by atoms with Crippen LogP contribution < -0.4 is 11.1 Å². The van der Waals surface area contributed by atoms with Gasteiger partial charge in [-0.25, -0.2) is 9.59 Å². The summed E-state index contributed by atoms with van der Waals surface area (Å²) in [7, 11) is 0. The van der Waals surface area contributed by atoms with Crippen molar-refractivity contribution in [3.8, 4) is 0 Å². The van der Waals surface area contributed by atoms with Gasteiger partial charge in [0.05, 0.1) is 13.2 Å². The van der Waals surface area contributed by atoms with Gasteiger partial charge >= 0.3 is 11.9 Å². The molecule has 3 N–H and O–H groups in total. The predicted octanol–water partition coefficient (Wildman–Crippen LogP) is -1.05. The normalized spacial score (nSPS) is 9.88. The van der Waals surface area contributed by atoms with Crippen molar-refractivity contribution in [1.29, 1.82) is 0 Å². The third kappa shape index (κ3) is 5.86. The first-order valence-corrected chi connectivity index (χ1v) is 5.39. The van der Waals surface area contributed by atoms with E-state index in [1.54, 1.807) is 13.8 Å². The van der Waals surface area contributed by atoms with E-state index in [0.717, 1.165) is 0 Å². The second kappa shape index (κ2) is 8.51. The van der Waals surface area contributed by atoms with E-state index >= 15 is 0 Å². The molecule has 0 saturated heterocycles. The molecule has 0 bridgehead atoms. The highest BCUT2D eigenvalue weighted by atomic mass is 16.6. The molecule has 0 saturated carbocycles. The Labute approximate surface area is 99.6 Å². The third-order valence-electron chi connectivity index (χ3n) is 1.72. The highest BCUT2D eigenvalue weighted by molar-refractivity contribution is 6.02. The van der Waals surface area contributed by atoms with E-state index in [1.807, 2.05) is 0 Å². The summed E-state index contributed by atoms with van der Waals surface area (Å²) in [6.45, 7) is 3.55. The Morgan fingerprint density at radius 3 is 1.94 bits per heavy atom. The summed E-state index contributed by atoms with van der Waals surface area (Å²) in [5.41, 5.74) is 5.18. The van der Waals surface area contributed by atoms with E-state index in [2.05, 4.69) is 14.8 Å². The zero-order chi connectivity index (χ0) is 13.3. The quantitative estimate of drug-likeness (QED) is 0.438. The lowest BCUT2D eigenvalue weighted by molar-refractivity contribution is -0.159. The number of amides is 1. The SMILES string of the molecule is CCOC(=O)C(NC(=O)CCN)C(=O)OCC. The Bertz CT molecular complexity index is 262. The molecular weight excluding hydrogens is 228 g/mol. The fraction of sp³-hybridized carbons (Fsp3) is 0.700. The van der Waals surface area contributed by atoms with Crippen LogP contribution in [0.3, 0.4) is 0 Å². The van der Waals surface area contributed by atoms with Crippen LogP contribution in [0.25, 0.3) is 0 Å². The van der Waals surface area contributed by atoms with E-state index in [0.29, 0.717) is 0 Å². The number of ether oxygens (including phenoxy) is 2. The molecular formula is C10H18N2O5.